The molecule has 0 saturated heterocycles. The maximum absolute atomic E-state index is 12.2. The van der Waals surface area contributed by atoms with Gasteiger partial charge in [0.1, 0.15) is 11.5 Å². The van der Waals surface area contributed by atoms with Gasteiger partial charge >= 0.3 is 0 Å². The summed E-state index contributed by atoms with van der Waals surface area (Å²) in [5.41, 5.74) is 7.30. The molecule has 0 bridgehead atoms. The van der Waals surface area contributed by atoms with Crippen molar-refractivity contribution < 1.29 is 4.79 Å². The number of hydrogen-bond donors (Lipinski definition) is 2. The largest absolute Gasteiger partial charge is 0.395 e. The lowest BCUT2D eigenvalue weighted by molar-refractivity contribution is 0.101. The highest BCUT2D eigenvalue weighted by Gasteiger charge is 2.19. The summed E-state index contributed by atoms with van der Waals surface area (Å²) >= 11 is 3.29. The Bertz CT molecular complexity index is 605. The van der Waals surface area contributed by atoms with Gasteiger partial charge in [0, 0.05) is 17.2 Å². The first-order valence-corrected chi connectivity index (χ1v) is 6.58. The number of rotatable bonds is 3. The second-order valence-electron chi connectivity index (χ2n) is 3.98. The van der Waals surface area contributed by atoms with Crippen LogP contribution in [0, 0.1) is 6.92 Å². The highest BCUT2D eigenvalue weighted by atomic mass is 79.9. The zero-order valence-corrected chi connectivity index (χ0v) is 12.2. The smallest absolute Gasteiger partial charge is 0.277 e. The van der Waals surface area contributed by atoms with Gasteiger partial charge in [-0.3, -0.25) is 9.48 Å². The summed E-state index contributed by atoms with van der Waals surface area (Å²) in [7, 11) is 0. The van der Waals surface area contributed by atoms with Crippen LogP contribution in [0.25, 0.3) is 0 Å². The van der Waals surface area contributed by atoms with E-state index in [0.29, 0.717) is 29.4 Å². The Labute approximate surface area is 119 Å². The van der Waals surface area contributed by atoms with Gasteiger partial charge in [-0.1, -0.05) is 0 Å². The normalized spacial score (nSPS) is 10.5. The third kappa shape index (κ3) is 2.76. The quantitative estimate of drug-likeness (QED) is 0.906. The minimum Gasteiger partial charge on any atom is -0.395 e. The van der Waals surface area contributed by atoms with Crippen molar-refractivity contribution in [3.05, 3.63) is 34.2 Å². The minimum atomic E-state index is -0.310. The molecule has 2 heterocycles. The molecule has 3 N–H and O–H groups in total. The lowest BCUT2D eigenvalue weighted by Crippen LogP contribution is -2.19. The Kier molecular flexibility index (Phi) is 3.84. The van der Waals surface area contributed by atoms with Crippen LogP contribution in [-0.4, -0.2) is 20.7 Å². The zero-order chi connectivity index (χ0) is 14.0. The second-order valence-corrected chi connectivity index (χ2v) is 4.89. The van der Waals surface area contributed by atoms with Crippen molar-refractivity contribution in [2.75, 3.05) is 11.1 Å². The number of anilines is 2. The number of amides is 1. The molecule has 0 fully saturated rings. The van der Waals surface area contributed by atoms with Gasteiger partial charge in [0.05, 0.1) is 11.4 Å². The van der Waals surface area contributed by atoms with Crippen LogP contribution in [0.3, 0.4) is 0 Å². The maximum atomic E-state index is 12.2. The molecule has 0 radical (unpaired) electrons. The predicted molar refractivity (Wildman–Crippen MR) is 76.9 cm³/mol. The van der Waals surface area contributed by atoms with Crippen LogP contribution in [0.5, 0.6) is 0 Å². The lowest BCUT2D eigenvalue weighted by Gasteiger charge is -2.07. The first-order valence-electron chi connectivity index (χ1n) is 5.78. The van der Waals surface area contributed by atoms with Crippen molar-refractivity contribution in [3.8, 4) is 0 Å². The van der Waals surface area contributed by atoms with Crippen molar-refractivity contribution in [1.29, 1.82) is 0 Å². The van der Waals surface area contributed by atoms with E-state index in [1.54, 1.807) is 29.9 Å². The van der Waals surface area contributed by atoms with Gasteiger partial charge in [-0.2, -0.15) is 5.10 Å². The SMILES string of the molecule is CCn1nc(C)c(N)c1C(=O)Nc1ccc(Br)cn1. The van der Waals surface area contributed by atoms with Gasteiger partial charge in [-0.05, 0) is 41.9 Å². The lowest BCUT2D eigenvalue weighted by atomic mass is 10.3. The maximum Gasteiger partial charge on any atom is 0.277 e. The van der Waals surface area contributed by atoms with E-state index >= 15 is 0 Å². The van der Waals surface area contributed by atoms with Crippen molar-refractivity contribution in [2.45, 2.75) is 20.4 Å². The fourth-order valence-electron chi connectivity index (χ4n) is 1.69. The van der Waals surface area contributed by atoms with E-state index in [9.17, 15) is 4.79 Å². The molecule has 0 aliphatic heterocycles. The first-order chi connectivity index (χ1) is 9.02. The average molecular weight is 324 g/mol. The number of hydrogen-bond acceptors (Lipinski definition) is 4. The predicted octanol–water partition coefficient (Wildman–Crippen LogP) is 2.20. The molecule has 19 heavy (non-hydrogen) atoms. The molecular formula is C12H14BrN5O. The molecule has 100 valence electrons. The number of aromatic nitrogens is 3. The summed E-state index contributed by atoms with van der Waals surface area (Å²) in [6, 6.07) is 3.51. The molecule has 6 nitrogen and oxygen atoms in total. The summed E-state index contributed by atoms with van der Waals surface area (Å²) in [6.07, 6.45) is 1.61. The van der Waals surface area contributed by atoms with Gasteiger partial charge in [0.25, 0.3) is 5.91 Å². The highest BCUT2D eigenvalue weighted by molar-refractivity contribution is 9.10. The van der Waals surface area contributed by atoms with Crippen molar-refractivity contribution >= 4 is 33.3 Å². The van der Waals surface area contributed by atoms with Crippen LogP contribution in [0.1, 0.15) is 23.1 Å². The summed E-state index contributed by atoms with van der Waals surface area (Å²) in [5.74, 6) is 0.156. The summed E-state index contributed by atoms with van der Waals surface area (Å²) < 4.78 is 2.43. The fraction of sp³-hybridized carbons (Fsp3) is 0.250. The zero-order valence-electron chi connectivity index (χ0n) is 10.6. The van der Waals surface area contributed by atoms with Crippen LogP contribution < -0.4 is 11.1 Å². The number of nitrogens with two attached hydrogens (primary N) is 1. The third-order valence-electron chi connectivity index (χ3n) is 2.66. The van der Waals surface area contributed by atoms with Crippen LogP contribution in [0.15, 0.2) is 22.8 Å². The molecule has 2 rings (SSSR count). The van der Waals surface area contributed by atoms with Crippen LogP contribution >= 0.6 is 15.9 Å². The fourth-order valence-corrected chi connectivity index (χ4v) is 1.92. The Morgan fingerprint density at radius 3 is 2.84 bits per heavy atom. The van der Waals surface area contributed by atoms with Crippen LogP contribution in [-0.2, 0) is 6.54 Å². The molecule has 0 aromatic carbocycles. The van der Waals surface area contributed by atoms with Crippen molar-refractivity contribution in [2.24, 2.45) is 0 Å². The number of nitrogens with zero attached hydrogens (tertiary/aromatic N) is 3. The topological polar surface area (TPSA) is 85.8 Å². The van der Waals surface area contributed by atoms with E-state index in [-0.39, 0.29) is 5.91 Å². The van der Waals surface area contributed by atoms with E-state index < -0.39 is 0 Å². The van der Waals surface area contributed by atoms with Gasteiger partial charge in [-0.15, -0.1) is 0 Å². The molecule has 2 aromatic rings. The van der Waals surface area contributed by atoms with E-state index in [4.69, 9.17) is 5.73 Å². The highest BCUT2D eigenvalue weighted by Crippen LogP contribution is 2.18. The number of nitrogen functional groups attached to an aromatic ring is 1. The molecule has 0 spiro atoms. The van der Waals surface area contributed by atoms with E-state index in [0.717, 1.165) is 4.47 Å². The number of carbonyl (C=O) groups excluding carboxylic acids is 1. The molecule has 1 amide bonds. The molecule has 0 unspecified atom stereocenters. The van der Waals surface area contributed by atoms with Gasteiger partial charge < -0.3 is 11.1 Å². The van der Waals surface area contributed by atoms with Gasteiger partial charge in [0.2, 0.25) is 0 Å². The Morgan fingerprint density at radius 2 is 2.26 bits per heavy atom. The van der Waals surface area contributed by atoms with Crippen LogP contribution in [0.4, 0.5) is 11.5 Å². The summed E-state index contributed by atoms with van der Waals surface area (Å²) in [5, 5.41) is 6.91. The molecular weight excluding hydrogens is 310 g/mol. The minimum absolute atomic E-state index is 0.310. The molecule has 0 aliphatic rings. The first kappa shape index (κ1) is 13.5. The molecule has 0 aliphatic carbocycles. The standard InChI is InChI=1S/C12H14BrN5O/c1-3-18-11(10(14)7(2)17-18)12(19)16-9-5-4-8(13)6-15-9/h4-6H,3,14H2,1-2H3,(H,15,16,19). The van der Waals surface area contributed by atoms with Crippen molar-refractivity contribution in [3.63, 3.8) is 0 Å². The van der Waals surface area contributed by atoms with E-state index in [1.807, 2.05) is 6.92 Å². The third-order valence-corrected chi connectivity index (χ3v) is 3.13. The number of halogens is 1. The Hall–Kier alpha value is -1.89. The number of carbonyl (C=O) groups is 1. The Morgan fingerprint density at radius 1 is 1.53 bits per heavy atom. The van der Waals surface area contributed by atoms with Gasteiger partial charge in [0.15, 0.2) is 0 Å². The second kappa shape index (κ2) is 5.40. The number of aryl methyl sites for hydroxylation is 2. The summed E-state index contributed by atoms with van der Waals surface area (Å²) in [4.78, 5) is 16.3. The van der Waals surface area contributed by atoms with Crippen LogP contribution in [0.2, 0.25) is 0 Å². The van der Waals surface area contributed by atoms with Gasteiger partial charge in [-0.25, -0.2) is 4.98 Å². The Balaban J connectivity index is 2.27. The molecule has 7 heteroatoms. The molecule has 0 saturated carbocycles. The molecule has 2 aromatic heterocycles. The number of nitrogens with one attached hydrogen (secondary N) is 1. The average Bonchev–Trinajstić information content (AvgIpc) is 2.68. The van der Waals surface area contributed by atoms with Crippen molar-refractivity contribution in [1.82, 2.24) is 14.8 Å². The van der Waals surface area contributed by atoms with E-state index in [2.05, 4.69) is 31.3 Å². The monoisotopic (exact) mass is 323 g/mol. The van der Waals surface area contributed by atoms with E-state index in [1.165, 1.54) is 0 Å². The number of pyridine rings is 1. The summed E-state index contributed by atoms with van der Waals surface area (Å²) in [6.45, 7) is 4.26. The molecule has 0 atom stereocenters.